The molecule has 3 heteroatoms. The van der Waals surface area contributed by atoms with Crippen LogP contribution in [0, 0.1) is 5.82 Å². The molecule has 1 rings (SSSR count). The second kappa shape index (κ2) is 4.73. The number of aliphatic hydroxyl groups is 1. The summed E-state index contributed by atoms with van der Waals surface area (Å²) >= 11 is 0. The van der Waals surface area contributed by atoms with Crippen LogP contribution in [0.25, 0.3) is 0 Å². The van der Waals surface area contributed by atoms with Crippen LogP contribution in [-0.4, -0.2) is 17.3 Å². The Kier molecular flexibility index (Phi) is 3.83. The monoisotopic (exact) mass is 212 g/mol. The van der Waals surface area contributed by atoms with Gasteiger partial charge in [0.05, 0.1) is 5.60 Å². The topological polar surface area (TPSA) is 29.5 Å². The Morgan fingerprint density at radius 2 is 2.00 bits per heavy atom. The first-order valence-corrected chi connectivity index (χ1v) is 5.05. The van der Waals surface area contributed by atoms with E-state index in [2.05, 4.69) is 0 Å². The van der Waals surface area contributed by atoms with E-state index in [9.17, 15) is 9.50 Å². The molecule has 0 saturated carbocycles. The first-order chi connectivity index (χ1) is 6.99. The maximum Gasteiger partial charge on any atom is 0.129 e. The molecular weight excluding hydrogens is 195 g/mol. The van der Waals surface area contributed by atoms with Gasteiger partial charge < -0.3 is 9.84 Å². The minimum atomic E-state index is -0.960. The van der Waals surface area contributed by atoms with Crippen molar-refractivity contribution in [2.75, 3.05) is 6.61 Å². The zero-order chi connectivity index (χ0) is 11.5. The van der Waals surface area contributed by atoms with Crippen molar-refractivity contribution in [1.29, 1.82) is 0 Å². The number of hydrogen-bond donors (Lipinski definition) is 1. The van der Waals surface area contributed by atoms with Crippen molar-refractivity contribution in [2.24, 2.45) is 0 Å². The van der Waals surface area contributed by atoms with Crippen LogP contribution in [0.1, 0.15) is 32.4 Å². The molecule has 0 radical (unpaired) electrons. The van der Waals surface area contributed by atoms with Crippen LogP contribution in [0.15, 0.2) is 24.3 Å². The molecular formula is C12H17FO2. The molecule has 0 aliphatic carbocycles. The molecule has 0 fully saturated rings. The van der Waals surface area contributed by atoms with Crippen molar-refractivity contribution >= 4 is 0 Å². The third-order valence-corrected chi connectivity index (χ3v) is 2.37. The van der Waals surface area contributed by atoms with Gasteiger partial charge in [0.25, 0.3) is 0 Å². The van der Waals surface area contributed by atoms with E-state index in [0.29, 0.717) is 6.61 Å². The molecule has 2 nitrogen and oxygen atoms in total. The highest BCUT2D eigenvalue weighted by molar-refractivity contribution is 5.21. The predicted molar refractivity (Wildman–Crippen MR) is 57.1 cm³/mol. The van der Waals surface area contributed by atoms with Crippen molar-refractivity contribution in [3.63, 3.8) is 0 Å². The maximum atomic E-state index is 13.4. The van der Waals surface area contributed by atoms with Gasteiger partial charge in [-0.05, 0) is 26.8 Å². The number of hydrogen-bond acceptors (Lipinski definition) is 2. The molecule has 84 valence electrons. The van der Waals surface area contributed by atoms with Crippen molar-refractivity contribution in [3.8, 4) is 0 Å². The summed E-state index contributed by atoms with van der Waals surface area (Å²) in [5, 5.41) is 10.00. The summed E-state index contributed by atoms with van der Waals surface area (Å²) in [5.74, 6) is -0.405. The fraction of sp³-hybridized carbons (Fsp3) is 0.500. The van der Waals surface area contributed by atoms with Crippen molar-refractivity contribution in [3.05, 3.63) is 35.6 Å². The van der Waals surface area contributed by atoms with E-state index >= 15 is 0 Å². The minimum absolute atomic E-state index is 0.274. The van der Waals surface area contributed by atoms with E-state index in [1.165, 1.54) is 6.07 Å². The summed E-state index contributed by atoms with van der Waals surface area (Å²) in [6.45, 7) is 5.82. The van der Waals surface area contributed by atoms with Crippen LogP contribution < -0.4 is 0 Å². The zero-order valence-electron chi connectivity index (χ0n) is 9.33. The van der Waals surface area contributed by atoms with E-state index in [4.69, 9.17) is 4.74 Å². The molecule has 1 aromatic carbocycles. The molecule has 1 atom stereocenters. The molecule has 0 aliphatic rings. The Morgan fingerprint density at radius 1 is 1.40 bits per heavy atom. The fourth-order valence-corrected chi connectivity index (χ4v) is 1.52. The van der Waals surface area contributed by atoms with E-state index < -0.39 is 17.5 Å². The van der Waals surface area contributed by atoms with E-state index in [-0.39, 0.29) is 5.56 Å². The van der Waals surface area contributed by atoms with Gasteiger partial charge in [0.15, 0.2) is 0 Å². The van der Waals surface area contributed by atoms with Crippen LogP contribution in [0.2, 0.25) is 0 Å². The number of halogens is 1. The minimum Gasteiger partial charge on any atom is -0.385 e. The highest BCUT2D eigenvalue weighted by Crippen LogP contribution is 2.30. The van der Waals surface area contributed by atoms with Gasteiger partial charge >= 0.3 is 0 Å². The van der Waals surface area contributed by atoms with Crippen LogP contribution in [0.5, 0.6) is 0 Å². The fourth-order valence-electron chi connectivity index (χ4n) is 1.52. The molecule has 0 aliphatic heterocycles. The second-order valence-electron chi connectivity index (χ2n) is 3.96. The van der Waals surface area contributed by atoms with Gasteiger partial charge in [-0.1, -0.05) is 18.2 Å². The number of rotatable bonds is 4. The quantitative estimate of drug-likeness (QED) is 0.831. The highest BCUT2D eigenvalue weighted by atomic mass is 19.1. The first kappa shape index (κ1) is 12.1. The van der Waals surface area contributed by atoms with E-state index in [1.807, 2.05) is 6.92 Å². The third kappa shape index (κ3) is 2.76. The van der Waals surface area contributed by atoms with Gasteiger partial charge in [-0.15, -0.1) is 0 Å². The molecule has 1 unspecified atom stereocenters. The van der Waals surface area contributed by atoms with Gasteiger partial charge in [-0.2, -0.15) is 0 Å². The van der Waals surface area contributed by atoms with Crippen LogP contribution in [-0.2, 0) is 4.74 Å². The van der Waals surface area contributed by atoms with Crippen LogP contribution in [0.4, 0.5) is 4.39 Å². The van der Waals surface area contributed by atoms with Crippen molar-refractivity contribution in [2.45, 2.75) is 32.5 Å². The summed E-state index contributed by atoms with van der Waals surface area (Å²) in [6.07, 6.45) is -0.960. The van der Waals surface area contributed by atoms with Gasteiger partial charge in [-0.25, -0.2) is 4.39 Å². The Labute approximate surface area is 89.7 Å². The van der Waals surface area contributed by atoms with Gasteiger partial charge in [0, 0.05) is 12.2 Å². The summed E-state index contributed by atoms with van der Waals surface area (Å²) in [5.41, 5.74) is -0.507. The maximum absolute atomic E-state index is 13.4. The van der Waals surface area contributed by atoms with E-state index in [1.54, 1.807) is 32.0 Å². The average Bonchev–Trinajstić information content (AvgIpc) is 2.17. The third-order valence-electron chi connectivity index (χ3n) is 2.37. The van der Waals surface area contributed by atoms with Gasteiger partial charge in [-0.3, -0.25) is 0 Å². The number of aliphatic hydroxyl groups excluding tert-OH is 1. The number of ether oxygens (including phenoxy) is 1. The molecule has 0 bridgehead atoms. The lowest BCUT2D eigenvalue weighted by Gasteiger charge is -2.30. The Morgan fingerprint density at radius 3 is 2.53 bits per heavy atom. The lowest BCUT2D eigenvalue weighted by molar-refractivity contribution is -0.0994. The molecule has 0 saturated heterocycles. The van der Waals surface area contributed by atoms with Gasteiger partial charge in [0.1, 0.15) is 11.9 Å². The van der Waals surface area contributed by atoms with Crippen LogP contribution >= 0.6 is 0 Å². The standard InChI is InChI=1S/C12H17FO2/c1-4-15-12(2,3)11(14)9-7-5-6-8-10(9)13/h5-8,11,14H,4H2,1-3H3. The smallest absolute Gasteiger partial charge is 0.129 e. The average molecular weight is 212 g/mol. The predicted octanol–water partition coefficient (Wildman–Crippen LogP) is 2.67. The lowest BCUT2D eigenvalue weighted by atomic mass is 9.94. The molecule has 1 N–H and O–H groups in total. The Bertz CT molecular complexity index is 323. The lowest BCUT2D eigenvalue weighted by Crippen LogP contribution is -2.33. The van der Waals surface area contributed by atoms with Crippen molar-refractivity contribution in [1.82, 2.24) is 0 Å². The van der Waals surface area contributed by atoms with Gasteiger partial charge in [0.2, 0.25) is 0 Å². The Hall–Kier alpha value is -0.930. The summed E-state index contributed by atoms with van der Waals surface area (Å²) < 4.78 is 18.8. The summed E-state index contributed by atoms with van der Waals surface area (Å²) in [4.78, 5) is 0. The second-order valence-corrected chi connectivity index (χ2v) is 3.96. The molecule has 0 spiro atoms. The first-order valence-electron chi connectivity index (χ1n) is 5.05. The zero-order valence-corrected chi connectivity index (χ0v) is 9.33. The Balaban J connectivity index is 2.93. The summed E-state index contributed by atoms with van der Waals surface area (Å²) in [7, 11) is 0. The van der Waals surface area contributed by atoms with Crippen molar-refractivity contribution < 1.29 is 14.2 Å². The highest BCUT2D eigenvalue weighted by Gasteiger charge is 2.31. The molecule has 0 amide bonds. The summed E-state index contributed by atoms with van der Waals surface area (Å²) in [6, 6.07) is 6.20. The normalized spacial score (nSPS) is 13.9. The molecule has 1 aromatic rings. The van der Waals surface area contributed by atoms with E-state index in [0.717, 1.165) is 0 Å². The largest absolute Gasteiger partial charge is 0.385 e. The number of benzene rings is 1. The SMILES string of the molecule is CCOC(C)(C)C(O)c1ccccc1F. The molecule has 0 heterocycles. The molecule has 15 heavy (non-hydrogen) atoms. The van der Waals surface area contributed by atoms with Crippen LogP contribution in [0.3, 0.4) is 0 Å². The molecule has 0 aromatic heterocycles.